The summed E-state index contributed by atoms with van der Waals surface area (Å²) in [5.41, 5.74) is 1.84. The maximum Gasteiger partial charge on any atom is 0.230 e. The zero-order chi connectivity index (χ0) is 13.2. The molecule has 0 radical (unpaired) electrons. The van der Waals surface area contributed by atoms with Gasteiger partial charge in [-0.25, -0.2) is 0 Å². The van der Waals surface area contributed by atoms with Crippen LogP contribution in [0.15, 0.2) is 22.7 Å². The van der Waals surface area contributed by atoms with E-state index in [1.807, 2.05) is 25.1 Å². The first-order valence-corrected chi connectivity index (χ1v) is 7.38. The summed E-state index contributed by atoms with van der Waals surface area (Å²) >= 11 is 3.49. The molecule has 18 heavy (non-hydrogen) atoms. The Labute approximate surface area is 117 Å². The van der Waals surface area contributed by atoms with E-state index in [0.717, 1.165) is 28.6 Å². The average Bonchev–Trinajstić information content (AvgIpc) is 2.35. The lowest BCUT2D eigenvalue weighted by atomic mass is 9.75. The molecule has 0 aliphatic heterocycles. The van der Waals surface area contributed by atoms with E-state index in [0.29, 0.717) is 0 Å². The second-order valence-electron chi connectivity index (χ2n) is 5.56. The van der Waals surface area contributed by atoms with E-state index in [1.54, 1.807) is 0 Å². The third kappa shape index (κ3) is 2.94. The van der Waals surface area contributed by atoms with Crippen LogP contribution in [0.1, 0.15) is 44.6 Å². The maximum absolute atomic E-state index is 12.4. The Balaban J connectivity index is 2.13. The van der Waals surface area contributed by atoms with Crippen LogP contribution in [0.3, 0.4) is 0 Å². The number of carbonyl (C=O) groups is 1. The van der Waals surface area contributed by atoms with Crippen LogP contribution in [-0.2, 0) is 4.79 Å². The number of anilines is 1. The van der Waals surface area contributed by atoms with Crippen LogP contribution in [0, 0.1) is 12.3 Å². The van der Waals surface area contributed by atoms with Gasteiger partial charge in [0.15, 0.2) is 0 Å². The number of hydrogen-bond acceptors (Lipinski definition) is 1. The Morgan fingerprint density at radius 2 is 1.94 bits per heavy atom. The molecule has 3 heteroatoms. The minimum Gasteiger partial charge on any atom is -0.325 e. The van der Waals surface area contributed by atoms with Gasteiger partial charge in [0, 0.05) is 9.89 Å². The second kappa shape index (κ2) is 5.43. The van der Waals surface area contributed by atoms with Gasteiger partial charge in [0.05, 0.1) is 5.69 Å². The van der Waals surface area contributed by atoms with Gasteiger partial charge in [0.1, 0.15) is 0 Å². The van der Waals surface area contributed by atoms with Crippen molar-refractivity contribution >= 4 is 27.5 Å². The molecular weight excluding hydrogens is 290 g/mol. The lowest BCUT2D eigenvalue weighted by Gasteiger charge is -2.32. The Kier molecular flexibility index (Phi) is 4.10. The van der Waals surface area contributed by atoms with Crippen molar-refractivity contribution in [1.29, 1.82) is 0 Å². The number of nitrogens with one attached hydrogen (secondary N) is 1. The smallest absolute Gasteiger partial charge is 0.230 e. The molecule has 1 N–H and O–H groups in total. The fraction of sp³-hybridized carbons (Fsp3) is 0.533. The number of amides is 1. The molecule has 2 rings (SSSR count). The van der Waals surface area contributed by atoms with Gasteiger partial charge in [-0.1, -0.05) is 32.3 Å². The average molecular weight is 310 g/mol. The fourth-order valence-corrected chi connectivity index (χ4v) is 2.91. The van der Waals surface area contributed by atoms with Crippen molar-refractivity contribution in [3.05, 3.63) is 28.2 Å². The van der Waals surface area contributed by atoms with Crippen molar-refractivity contribution < 1.29 is 4.79 Å². The number of benzene rings is 1. The molecular formula is C15H20BrNO. The van der Waals surface area contributed by atoms with E-state index in [4.69, 9.17) is 0 Å². The first kappa shape index (κ1) is 13.6. The van der Waals surface area contributed by atoms with Crippen LogP contribution in [0.4, 0.5) is 5.69 Å². The molecule has 0 spiro atoms. The van der Waals surface area contributed by atoms with Gasteiger partial charge in [0.2, 0.25) is 5.91 Å². The molecule has 0 bridgehead atoms. The highest BCUT2D eigenvalue weighted by Gasteiger charge is 2.34. The second-order valence-corrected chi connectivity index (χ2v) is 6.41. The molecule has 1 fully saturated rings. The molecule has 1 aromatic rings. The fourth-order valence-electron chi connectivity index (χ4n) is 2.57. The van der Waals surface area contributed by atoms with Crippen molar-refractivity contribution in [2.45, 2.75) is 46.0 Å². The predicted molar refractivity (Wildman–Crippen MR) is 78.7 cm³/mol. The summed E-state index contributed by atoms with van der Waals surface area (Å²) in [4.78, 5) is 12.4. The van der Waals surface area contributed by atoms with Crippen molar-refractivity contribution in [1.82, 2.24) is 0 Å². The van der Waals surface area contributed by atoms with Gasteiger partial charge in [-0.05, 0) is 53.4 Å². The molecule has 1 amide bonds. The molecule has 1 aliphatic carbocycles. The molecule has 0 atom stereocenters. The highest BCUT2D eigenvalue weighted by molar-refractivity contribution is 9.10. The van der Waals surface area contributed by atoms with Gasteiger partial charge in [-0.3, -0.25) is 4.79 Å². The standard InChI is InChI=1S/C15H20BrNO/c1-11-6-7-12(16)13(10-11)17-14(18)15(2)8-4-3-5-9-15/h6-7,10H,3-5,8-9H2,1-2H3,(H,17,18). The van der Waals surface area contributed by atoms with E-state index in [9.17, 15) is 4.79 Å². The molecule has 0 aromatic heterocycles. The van der Waals surface area contributed by atoms with Crippen LogP contribution >= 0.6 is 15.9 Å². The Morgan fingerprint density at radius 3 is 2.61 bits per heavy atom. The zero-order valence-electron chi connectivity index (χ0n) is 11.1. The lowest BCUT2D eigenvalue weighted by molar-refractivity contribution is -0.126. The summed E-state index contributed by atoms with van der Waals surface area (Å²) in [6.45, 7) is 4.12. The Bertz CT molecular complexity index is 450. The van der Waals surface area contributed by atoms with Crippen molar-refractivity contribution in [2.75, 3.05) is 5.32 Å². The molecule has 0 saturated heterocycles. The summed E-state index contributed by atoms with van der Waals surface area (Å²) < 4.78 is 0.945. The molecule has 1 aliphatic rings. The summed E-state index contributed by atoms with van der Waals surface area (Å²) in [5, 5.41) is 3.08. The number of hydrogen-bond donors (Lipinski definition) is 1. The number of rotatable bonds is 2. The summed E-state index contributed by atoms with van der Waals surface area (Å²) in [5.74, 6) is 0.161. The Hall–Kier alpha value is -0.830. The largest absolute Gasteiger partial charge is 0.325 e. The molecule has 1 saturated carbocycles. The van der Waals surface area contributed by atoms with Crippen LogP contribution in [-0.4, -0.2) is 5.91 Å². The molecule has 98 valence electrons. The first-order chi connectivity index (χ1) is 8.51. The summed E-state index contributed by atoms with van der Waals surface area (Å²) in [6.07, 6.45) is 5.60. The predicted octanol–water partition coefficient (Wildman–Crippen LogP) is 4.67. The highest BCUT2D eigenvalue weighted by atomic mass is 79.9. The summed E-state index contributed by atoms with van der Waals surface area (Å²) in [7, 11) is 0. The quantitative estimate of drug-likeness (QED) is 0.845. The number of carbonyl (C=O) groups excluding carboxylic acids is 1. The maximum atomic E-state index is 12.4. The molecule has 0 unspecified atom stereocenters. The van der Waals surface area contributed by atoms with Crippen molar-refractivity contribution in [3.8, 4) is 0 Å². The minimum absolute atomic E-state index is 0.161. The van der Waals surface area contributed by atoms with E-state index < -0.39 is 0 Å². The van der Waals surface area contributed by atoms with Crippen LogP contribution in [0.2, 0.25) is 0 Å². The zero-order valence-corrected chi connectivity index (χ0v) is 12.6. The van der Waals surface area contributed by atoms with Crippen LogP contribution < -0.4 is 5.32 Å². The highest BCUT2D eigenvalue weighted by Crippen LogP contribution is 2.37. The number of halogens is 1. The van der Waals surface area contributed by atoms with Crippen LogP contribution in [0.5, 0.6) is 0 Å². The summed E-state index contributed by atoms with van der Waals surface area (Å²) in [6, 6.07) is 6.02. The number of aryl methyl sites for hydroxylation is 1. The topological polar surface area (TPSA) is 29.1 Å². The van der Waals surface area contributed by atoms with Gasteiger partial charge >= 0.3 is 0 Å². The minimum atomic E-state index is -0.193. The Morgan fingerprint density at radius 1 is 1.28 bits per heavy atom. The van der Waals surface area contributed by atoms with Crippen molar-refractivity contribution in [3.63, 3.8) is 0 Å². The SMILES string of the molecule is Cc1ccc(Br)c(NC(=O)C2(C)CCCCC2)c1. The van der Waals surface area contributed by atoms with E-state index in [1.165, 1.54) is 19.3 Å². The van der Waals surface area contributed by atoms with Gasteiger partial charge in [-0.15, -0.1) is 0 Å². The third-order valence-corrected chi connectivity index (χ3v) is 4.57. The normalized spacial score (nSPS) is 18.4. The lowest BCUT2D eigenvalue weighted by Crippen LogP contribution is -2.35. The molecule has 1 aromatic carbocycles. The van der Waals surface area contributed by atoms with Crippen LogP contribution in [0.25, 0.3) is 0 Å². The molecule has 0 heterocycles. The van der Waals surface area contributed by atoms with Crippen molar-refractivity contribution in [2.24, 2.45) is 5.41 Å². The van der Waals surface area contributed by atoms with E-state index in [-0.39, 0.29) is 11.3 Å². The van der Waals surface area contributed by atoms with Gasteiger partial charge in [0.25, 0.3) is 0 Å². The molecule has 2 nitrogen and oxygen atoms in total. The van der Waals surface area contributed by atoms with Gasteiger partial charge < -0.3 is 5.32 Å². The van der Waals surface area contributed by atoms with E-state index >= 15 is 0 Å². The monoisotopic (exact) mass is 309 g/mol. The van der Waals surface area contributed by atoms with E-state index in [2.05, 4.69) is 28.2 Å². The van der Waals surface area contributed by atoms with Gasteiger partial charge in [-0.2, -0.15) is 0 Å². The first-order valence-electron chi connectivity index (χ1n) is 6.59. The third-order valence-electron chi connectivity index (χ3n) is 3.88.